The van der Waals surface area contributed by atoms with E-state index in [0.717, 1.165) is 23.5 Å². The zero-order valence-corrected chi connectivity index (χ0v) is 10.0. The number of hydrogen-bond donors (Lipinski definition) is 1. The quantitative estimate of drug-likeness (QED) is 0.856. The van der Waals surface area contributed by atoms with Gasteiger partial charge in [0.1, 0.15) is 5.82 Å². The van der Waals surface area contributed by atoms with Gasteiger partial charge in [-0.3, -0.25) is 4.40 Å². The predicted molar refractivity (Wildman–Crippen MR) is 64.1 cm³/mol. The molecule has 0 aliphatic rings. The number of nitrogens with zero attached hydrogens (tertiary/aromatic N) is 3. The predicted octanol–water partition coefficient (Wildman–Crippen LogP) is 1.95. The fraction of sp³-hybridized carbons (Fsp3) is 0.500. The normalized spacial score (nSPS) is 13.6. The zero-order valence-electron chi connectivity index (χ0n) is 10.0. The van der Waals surface area contributed by atoms with Crippen molar-refractivity contribution < 1.29 is 0 Å². The van der Waals surface area contributed by atoms with E-state index >= 15 is 0 Å². The second kappa shape index (κ2) is 4.22. The molecule has 86 valence electrons. The number of rotatable bonds is 3. The number of hydrogen-bond acceptors (Lipinski definition) is 3. The summed E-state index contributed by atoms with van der Waals surface area (Å²) >= 11 is 0. The molecular weight excluding hydrogens is 200 g/mol. The molecule has 1 unspecified atom stereocenters. The second-order valence-corrected chi connectivity index (χ2v) is 4.66. The molecule has 2 rings (SSSR count). The van der Waals surface area contributed by atoms with E-state index in [9.17, 15) is 0 Å². The van der Waals surface area contributed by atoms with E-state index in [1.165, 1.54) is 0 Å². The molecule has 0 spiro atoms. The summed E-state index contributed by atoms with van der Waals surface area (Å²) < 4.78 is 2.04. The molecule has 2 heterocycles. The molecule has 0 amide bonds. The summed E-state index contributed by atoms with van der Waals surface area (Å²) in [7, 11) is 0. The van der Waals surface area contributed by atoms with Crippen molar-refractivity contribution in [2.24, 2.45) is 11.7 Å². The molecule has 0 saturated carbocycles. The molecule has 2 N–H and O–H groups in total. The van der Waals surface area contributed by atoms with Crippen molar-refractivity contribution in [3.05, 3.63) is 29.7 Å². The lowest BCUT2D eigenvalue weighted by Crippen LogP contribution is -2.07. The van der Waals surface area contributed by atoms with Crippen molar-refractivity contribution in [3.8, 4) is 0 Å². The van der Waals surface area contributed by atoms with Crippen molar-refractivity contribution in [2.75, 3.05) is 0 Å². The molecule has 0 aliphatic heterocycles. The fourth-order valence-electron chi connectivity index (χ4n) is 1.84. The van der Waals surface area contributed by atoms with Gasteiger partial charge >= 0.3 is 0 Å². The molecule has 0 saturated heterocycles. The Kier molecular flexibility index (Phi) is 2.92. The van der Waals surface area contributed by atoms with Crippen LogP contribution in [0.1, 0.15) is 38.2 Å². The fourth-order valence-corrected chi connectivity index (χ4v) is 1.84. The van der Waals surface area contributed by atoms with Crippen LogP contribution in [0.2, 0.25) is 0 Å². The van der Waals surface area contributed by atoms with Crippen LogP contribution in [0.3, 0.4) is 0 Å². The Bertz CT molecular complexity index is 485. The monoisotopic (exact) mass is 218 g/mol. The lowest BCUT2D eigenvalue weighted by molar-refractivity contribution is 0.616. The van der Waals surface area contributed by atoms with Crippen molar-refractivity contribution in [1.82, 2.24) is 14.6 Å². The van der Waals surface area contributed by atoms with Crippen LogP contribution in [0.15, 0.2) is 18.3 Å². The van der Waals surface area contributed by atoms with Crippen LogP contribution in [0.25, 0.3) is 5.65 Å². The van der Waals surface area contributed by atoms with Gasteiger partial charge in [0.25, 0.3) is 0 Å². The van der Waals surface area contributed by atoms with Crippen LogP contribution >= 0.6 is 0 Å². The molecule has 4 heteroatoms. The van der Waals surface area contributed by atoms with Crippen LogP contribution < -0.4 is 5.73 Å². The minimum absolute atomic E-state index is 0.0141. The van der Waals surface area contributed by atoms with Crippen LogP contribution in [0, 0.1) is 5.92 Å². The Morgan fingerprint density at radius 2 is 2.06 bits per heavy atom. The minimum atomic E-state index is -0.0141. The minimum Gasteiger partial charge on any atom is -0.324 e. The highest BCUT2D eigenvalue weighted by Gasteiger charge is 2.12. The van der Waals surface area contributed by atoms with Crippen LogP contribution in [-0.4, -0.2) is 14.6 Å². The SMILES string of the molecule is CC(C)Cc1nnc2c(C(C)N)cccn12. The summed E-state index contributed by atoms with van der Waals surface area (Å²) in [5, 5.41) is 8.46. The molecular formula is C12H18N4. The summed E-state index contributed by atoms with van der Waals surface area (Å²) in [4.78, 5) is 0. The van der Waals surface area contributed by atoms with Gasteiger partial charge in [-0.2, -0.15) is 0 Å². The topological polar surface area (TPSA) is 56.2 Å². The highest BCUT2D eigenvalue weighted by atomic mass is 15.2. The van der Waals surface area contributed by atoms with Gasteiger partial charge in [0.15, 0.2) is 5.65 Å². The Labute approximate surface area is 95.5 Å². The molecule has 16 heavy (non-hydrogen) atoms. The summed E-state index contributed by atoms with van der Waals surface area (Å²) in [6.45, 7) is 6.32. The molecule has 0 aliphatic carbocycles. The standard InChI is InChI=1S/C12H18N4/c1-8(2)7-11-14-15-12-10(9(3)13)5-4-6-16(11)12/h4-6,8-9H,7,13H2,1-3H3. The smallest absolute Gasteiger partial charge is 0.165 e. The molecule has 0 bridgehead atoms. The first-order chi connectivity index (χ1) is 7.59. The number of nitrogens with two attached hydrogens (primary N) is 1. The largest absolute Gasteiger partial charge is 0.324 e. The number of aromatic nitrogens is 3. The zero-order chi connectivity index (χ0) is 11.7. The third kappa shape index (κ3) is 1.93. The van der Waals surface area contributed by atoms with Crippen molar-refractivity contribution in [2.45, 2.75) is 33.2 Å². The van der Waals surface area contributed by atoms with Gasteiger partial charge in [-0.1, -0.05) is 19.9 Å². The highest BCUT2D eigenvalue weighted by molar-refractivity contribution is 5.48. The number of fused-ring (bicyclic) bond motifs is 1. The van der Waals surface area contributed by atoms with Gasteiger partial charge in [0.2, 0.25) is 0 Å². The van der Waals surface area contributed by atoms with E-state index in [-0.39, 0.29) is 6.04 Å². The third-order valence-corrected chi connectivity index (χ3v) is 2.62. The molecule has 4 nitrogen and oxygen atoms in total. The van der Waals surface area contributed by atoms with E-state index in [1.807, 2.05) is 29.7 Å². The Morgan fingerprint density at radius 1 is 1.31 bits per heavy atom. The van der Waals surface area contributed by atoms with E-state index in [4.69, 9.17) is 5.73 Å². The molecule has 0 fully saturated rings. The van der Waals surface area contributed by atoms with Crippen molar-refractivity contribution in [3.63, 3.8) is 0 Å². The average molecular weight is 218 g/mol. The highest BCUT2D eigenvalue weighted by Crippen LogP contribution is 2.17. The molecule has 0 radical (unpaired) electrons. The maximum absolute atomic E-state index is 5.91. The van der Waals surface area contributed by atoms with E-state index < -0.39 is 0 Å². The lowest BCUT2D eigenvalue weighted by Gasteiger charge is -2.07. The number of pyridine rings is 1. The summed E-state index contributed by atoms with van der Waals surface area (Å²) in [5.74, 6) is 1.58. The first-order valence-corrected chi connectivity index (χ1v) is 5.67. The summed E-state index contributed by atoms with van der Waals surface area (Å²) in [6.07, 6.45) is 2.93. The summed E-state index contributed by atoms with van der Waals surface area (Å²) in [5.41, 5.74) is 7.84. The van der Waals surface area contributed by atoms with Crippen LogP contribution in [0.4, 0.5) is 0 Å². The van der Waals surface area contributed by atoms with Gasteiger partial charge in [-0.05, 0) is 18.9 Å². The van der Waals surface area contributed by atoms with Gasteiger partial charge in [0.05, 0.1) is 0 Å². The summed E-state index contributed by atoms with van der Waals surface area (Å²) in [6, 6.07) is 3.99. The van der Waals surface area contributed by atoms with E-state index in [0.29, 0.717) is 5.92 Å². The maximum Gasteiger partial charge on any atom is 0.165 e. The van der Waals surface area contributed by atoms with Crippen LogP contribution in [0.5, 0.6) is 0 Å². The Hall–Kier alpha value is -1.42. The van der Waals surface area contributed by atoms with Gasteiger partial charge < -0.3 is 5.73 Å². The molecule has 0 aromatic carbocycles. The molecule has 2 aromatic rings. The second-order valence-electron chi connectivity index (χ2n) is 4.66. The molecule has 1 atom stereocenters. The first-order valence-electron chi connectivity index (χ1n) is 5.67. The van der Waals surface area contributed by atoms with E-state index in [1.54, 1.807) is 0 Å². The molecule has 2 aromatic heterocycles. The third-order valence-electron chi connectivity index (χ3n) is 2.62. The van der Waals surface area contributed by atoms with Crippen LogP contribution in [-0.2, 0) is 6.42 Å². The average Bonchev–Trinajstić information content (AvgIpc) is 2.60. The maximum atomic E-state index is 5.91. The van der Waals surface area contributed by atoms with Crippen molar-refractivity contribution >= 4 is 5.65 Å². The van der Waals surface area contributed by atoms with Gasteiger partial charge in [0, 0.05) is 24.2 Å². The Morgan fingerprint density at radius 3 is 2.69 bits per heavy atom. The van der Waals surface area contributed by atoms with Gasteiger partial charge in [-0.25, -0.2) is 0 Å². The van der Waals surface area contributed by atoms with Gasteiger partial charge in [-0.15, -0.1) is 10.2 Å². The lowest BCUT2D eigenvalue weighted by atomic mass is 10.1. The van der Waals surface area contributed by atoms with Crippen molar-refractivity contribution in [1.29, 1.82) is 0 Å². The van der Waals surface area contributed by atoms with E-state index in [2.05, 4.69) is 24.0 Å². The first kappa shape index (κ1) is 11.1. The Balaban J connectivity index is 2.52.